The number of nitrogens with zero attached hydrogens (tertiary/aromatic N) is 3. The van der Waals surface area contributed by atoms with Gasteiger partial charge in [0.05, 0.1) is 11.3 Å². The smallest absolute Gasteiger partial charge is 0.255 e. The Labute approximate surface area is 137 Å². The van der Waals surface area contributed by atoms with E-state index in [9.17, 15) is 13.2 Å². The average molecular weight is 340 g/mol. The predicted octanol–water partition coefficient (Wildman–Crippen LogP) is 0.167. The van der Waals surface area contributed by atoms with Crippen molar-refractivity contribution in [2.75, 3.05) is 39.5 Å². The van der Waals surface area contributed by atoms with Gasteiger partial charge in [-0.1, -0.05) is 0 Å². The molecule has 1 N–H and O–H groups in total. The van der Waals surface area contributed by atoms with Crippen molar-refractivity contribution in [1.29, 1.82) is 0 Å². The highest BCUT2D eigenvalue weighted by Gasteiger charge is 2.24. The number of amides is 1. The molecule has 0 radical (unpaired) electrons. The second-order valence-corrected chi connectivity index (χ2v) is 8.16. The van der Waals surface area contributed by atoms with E-state index < -0.39 is 10.0 Å². The SMILES string of the molecule is CN(C)S(=O)(=O)CCNC1CCN(C(=O)c2cccnc2)CC1. The van der Waals surface area contributed by atoms with Crippen LogP contribution >= 0.6 is 0 Å². The van der Waals surface area contributed by atoms with Crippen LogP contribution < -0.4 is 5.32 Å². The fourth-order valence-electron chi connectivity index (χ4n) is 2.53. The fourth-order valence-corrected chi connectivity index (χ4v) is 3.27. The highest BCUT2D eigenvalue weighted by Crippen LogP contribution is 2.13. The van der Waals surface area contributed by atoms with Crippen molar-refractivity contribution in [3.63, 3.8) is 0 Å². The molecule has 1 aliphatic rings. The van der Waals surface area contributed by atoms with E-state index in [-0.39, 0.29) is 17.7 Å². The molecule has 1 aromatic heterocycles. The molecule has 1 saturated heterocycles. The minimum atomic E-state index is -3.16. The molecular formula is C15H24N4O3S. The highest BCUT2D eigenvalue weighted by atomic mass is 32.2. The third kappa shape index (κ3) is 4.98. The van der Waals surface area contributed by atoms with E-state index in [0.717, 1.165) is 12.8 Å². The first-order valence-corrected chi connectivity index (χ1v) is 9.34. The molecule has 2 heterocycles. The number of likely N-dealkylation sites (tertiary alicyclic amines) is 1. The Bertz CT molecular complexity index is 611. The summed E-state index contributed by atoms with van der Waals surface area (Å²) in [5.74, 6) is 0.0983. The van der Waals surface area contributed by atoms with Crippen LogP contribution in [0.4, 0.5) is 0 Å². The number of carbonyl (C=O) groups excluding carboxylic acids is 1. The first kappa shape index (κ1) is 17.8. The number of nitrogens with one attached hydrogen (secondary N) is 1. The summed E-state index contributed by atoms with van der Waals surface area (Å²) in [5, 5.41) is 3.28. The lowest BCUT2D eigenvalue weighted by Gasteiger charge is -2.32. The number of piperidine rings is 1. The molecular weight excluding hydrogens is 316 g/mol. The van der Waals surface area contributed by atoms with Gasteiger partial charge in [-0.05, 0) is 25.0 Å². The van der Waals surface area contributed by atoms with E-state index in [0.29, 0.717) is 25.2 Å². The second kappa shape index (κ2) is 7.85. The van der Waals surface area contributed by atoms with Crippen LogP contribution in [-0.2, 0) is 10.0 Å². The van der Waals surface area contributed by atoms with E-state index in [1.54, 1.807) is 24.5 Å². The molecule has 0 unspecified atom stereocenters. The van der Waals surface area contributed by atoms with E-state index in [4.69, 9.17) is 0 Å². The number of pyridine rings is 1. The number of hydrogen-bond donors (Lipinski definition) is 1. The van der Waals surface area contributed by atoms with Crippen LogP contribution in [0.15, 0.2) is 24.5 Å². The van der Waals surface area contributed by atoms with E-state index in [1.807, 2.05) is 4.90 Å². The molecule has 1 amide bonds. The van der Waals surface area contributed by atoms with Crippen molar-refractivity contribution in [1.82, 2.24) is 19.5 Å². The van der Waals surface area contributed by atoms with Gasteiger partial charge >= 0.3 is 0 Å². The molecule has 1 fully saturated rings. The highest BCUT2D eigenvalue weighted by molar-refractivity contribution is 7.89. The summed E-state index contributed by atoms with van der Waals surface area (Å²) < 4.78 is 24.6. The largest absolute Gasteiger partial charge is 0.338 e. The zero-order chi connectivity index (χ0) is 16.9. The van der Waals surface area contributed by atoms with Crippen LogP contribution in [0.1, 0.15) is 23.2 Å². The Hall–Kier alpha value is -1.51. The Balaban J connectivity index is 1.75. The van der Waals surface area contributed by atoms with Crippen LogP contribution in [0.25, 0.3) is 0 Å². The molecule has 8 heteroatoms. The molecule has 128 valence electrons. The molecule has 0 spiro atoms. The number of aromatic nitrogens is 1. The van der Waals surface area contributed by atoms with E-state index in [1.165, 1.54) is 18.4 Å². The first-order chi connectivity index (χ1) is 10.9. The lowest BCUT2D eigenvalue weighted by molar-refractivity contribution is 0.0705. The third-order valence-corrected chi connectivity index (χ3v) is 5.87. The van der Waals surface area contributed by atoms with Crippen LogP contribution in [0.5, 0.6) is 0 Å². The summed E-state index contributed by atoms with van der Waals surface area (Å²) in [6.45, 7) is 1.78. The van der Waals surface area contributed by atoms with Crippen LogP contribution in [0.3, 0.4) is 0 Å². The Kier molecular flexibility index (Phi) is 6.09. The van der Waals surface area contributed by atoms with Gasteiger partial charge in [0.2, 0.25) is 10.0 Å². The number of sulfonamides is 1. The maximum Gasteiger partial charge on any atom is 0.255 e. The quantitative estimate of drug-likeness (QED) is 0.798. The summed E-state index contributed by atoms with van der Waals surface area (Å²) in [5.41, 5.74) is 0.607. The van der Waals surface area contributed by atoms with Crippen molar-refractivity contribution in [2.24, 2.45) is 0 Å². The van der Waals surface area contributed by atoms with Crippen LogP contribution in [0.2, 0.25) is 0 Å². The van der Waals surface area contributed by atoms with Crippen molar-refractivity contribution < 1.29 is 13.2 Å². The third-order valence-electron chi connectivity index (χ3n) is 4.04. The van der Waals surface area contributed by atoms with E-state index >= 15 is 0 Å². The molecule has 23 heavy (non-hydrogen) atoms. The van der Waals surface area contributed by atoms with E-state index in [2.05, 4.69) is 10.3 Å². The number of hydrogen-bond acceptors (Lipinski definition) is 5. The standard InChI is InChI=1S/C15H24N4O3S/c1-18(2)23(21,22)11-8-17-14-5-9-19(10-6-14)15(20)13-4-3-7-16-12-13/h3-4,7,12,14,17H,5-6,8-11H2,1-2H3. The second-order valence-electron chi connectivity index (χ2n) is 5.86. The molecule has 7 nitrogen and oxygen atoms in total. The molecule has 2 rings (SSSR count). The summed E-state index contributed by atoms with van der Waals surface area (Å²) in [6.07, 6.45) is 4.88. The monoisotopic (exact) mass is 340 g/mol. The van der Waals surface area contributed by atoms with Gasteiger partial charge in [0, 0.05) is 52.2 Å². The normalized spacial score (nSPS) is 16.7. The maximum absolute atomic E-state index is 12.3. The molecule has 0 atom stereocenters. The fraction of sp³-hybridized carbons (Fsp3) is 0.600. The molecule has 0 aliphatic carbocycles. The number of carbonyl (C=O) groups is 1. The van der Waals surface area contributed by atoms with Crippen LogP contribution in [-0.4, -0.2) is 74.0 Å². The number of rotatable bonds is 6. The van der Waals surface area contributed by atoms with Crippen molar-refractivity contribution >= 4 is 15.9 Å². The molecule has 0 aromatic carbocycles. The lowest BCUT2D eigenvalue weighted by Crippen LogP contribution is -2.46. The summed E-state index contributed by atoms with van der Waals surface area (Å²) >= 11 is 0. The van der Waals surface area contributed by atoms with Crippen molar-refractivity contribution in [3.05, 3.63) is 30.1 Å². The lowest BCUT2D eigenvalue weighted by atomic mass is 10.0. The summed E-state index contributed by atoms with van der Waals surface area (Å²) in [6, 6.07) is 3.78. The van der Waals surface area contributed by atoms with Gasteiger partial charge in [0.25, 0.3) is 5.91 Å². The minimum absolute atomic E-state index is 0.00624. The molecule has 1 aromatic rings. The van der Waals surface area contributed by atoms with Gasteiger partial charge in [-0.2, -0.15) is 0 Å². The Morgan fingerprint density at radius 1 is 1.39 bits per heavy atom. The maximum atomic E-state index is 12.3. The van der Waals surface area contributed by atoms with Crippen molar-refractivity contribution in [2.45, 2.75) is 18.9 Å². The van der Waals surface area contributed by atoms with Crippen molar-refractivity contribution in [3.8, 4) is 0 Å². The zero-order valence-corrected chi connectivity index (χ0v) is 14.4. The summed E-state index contributed by atoms with van der Waals surface area (Å²) in [4.78, 5) is 18.1. The predicted molar refractivity (Wildman–Crippen MR) is 88.6 cm³/mol. The minimum Gasteiger partial charge on any atom is -0.338 e. The first-order valence-electron chi connectivity index (χ1n) is 7.73. The molecule has 1 aliphatic heterocycles. The van der Waals surface area contributed by atoms with Gasteiger partial charge in [-0.25, -0.2) is 12.7 Å². The topological polar surface area (TPSA) is 82.6 Å². The van der Waals surface area contributed by atoms with Gasteiger partial charge in [-0.15, -0.1) is 0 Å². The zero-order valence-electron chi connectivity index (χ0n) is 13.6. The summed E-state index contributed by atoms with van der Waals surface area (Å²) in [7, 11) is -0.0808. The average Bonchev–Trinajstić information content (AvgIpc) is 2.55. The molecule has 0 saturated carbocycles. The molecule has 0 bridgehead atoms. The Morgan fingerprint density at radius 3 is 2.65 bits per heavy atom. The van der Waals surface area contributed by atoms with Gasteiger partial charge < -0.3 is 10.2 Å². The van der Waals surface area contributed by atoms with Crippen LogP contribution in [0, 0.1) is 0 Å². The Morgan fingerprint density at radius 2 is 2.09 bits per heavy atom. The van der Waals surface area contributed by atoms with Gasteiger partial charge in [0.1, 0.15) is 0 Å². The van der Waals surface area contributed by atoms with Gasteiger partial charge in [0.15, 0.2) is 0 Å². The van der Waals surface area contributed by atoms with Gasteiger partial charge in [-0.3, -0.25) is 9.78 Å².